The average Bonchev–Trinajstić information content (AvgIpc) is 2.37. The summed E-state index contributed by atoms with van der Waals surface area (Å²) >= 11 is 0. The standard InChI is InChI=1S/C14H28N2O5/c1-14(2,3)16(7-6-12(17)18)13(19)15(8-10-20-4)9-11-21-5/h6-11H2,1-5H3,(H,17,18). The maximum absolute atomic E-state index is 12.7. The third-order valence-electron chi connectivity index (χ3n) is 2.99. The molecule has 0 aliphatic heterocycles. The molecule has 0 atom stereocenters. The minimum atomic E-state index is -0.919. The van der Waals surface area contributed by atoms with E-state index in [-0.39, 0.29) is 19.0 Å². The fourth-order valence-corrected chi connectivity index (χ4v) is 1.80. The van der Waals surface area contributed by atoms with Gasteiger partial charge in [-0.25, -0.2) is 4.79 Å². The number of amides is 2. The van der Waals surface area contributed by atoms with Gasteiger partial charge in [0.25, 0.3) is 0 Å². The molecule has 0 saturated heterocycles. The van der Waals surface area contributed by atoms with E-state index >= 15 is 0 Å². The first-order valence-corrected chi connectivity index (χ1v) is 7.00. The number of hydrogen-bond donors (Lipinski definition) is 1. The molecule has 7 heteroatoms. The van der Waals surface area contributed by atoms with Crippen LogP contribution in [0.5, 0.6) is 0 Å². The van der Waals surface area contributed by atoms with Crippen molar-refractivity contribution in [3.05, 3.63) is 0 Å². The second kappa shape index (κ2) is 9.57. The van der Waals surface area contributed by atoms with E-state index in [0.717, 1.165) is 0 Å². The van der Waals surface area contributed by atoms with Crippen LogP contribution in [0.15, 0.2) is 0 Å². The third kappa shape index (κ3) is 7.87. The smallest absolute Gasteiger partial charge is 0.320 e. The van der Waals surface area contributed by atoms with E-state index in [9.17, 15) is 9.59 Å². The Kier molecular flexibility index (Phi) is 8.96. The zero-order valence-electron chi connectivity index (χ0n) is 13.7. The maximum atomic E-state index is 12.7. The summed E-state index contributed by atoms with van der Waals surface area (Å²) < 4.78 is 10.0. The summed E-state index contributed by atoms with van der Waals surface area (Å²) in [5.74, 6) is -0.919. The molecule has 0 aromatic rings. The second-order valence-corrected chi connectivity index (χ2v) is 5.72. The number of carboxylic acid groups (broad SMARTS) is 1. The highest BCUT2D eigenvalue weighted by Crippen LogP contribution is 2.16. The lowest BCUT2D eigenvalue weighted by Crippen LogP contribution is -2.53. The Morgan fingerprint density at radius 2 is 1.48 bits per heavy atom. The van der Waals surface area contributed by atoms with E-state index < -0.39 is 11.5 Å². The van der Waals surface area contributed by atoms with Crippen molar-refractivity contribution >= 4 is 12.0 Å². The number of carbonyl (C=O) groups is 2. The Morgan fingerprint density at radius 1 is 1.00 bits per heavy atom. The van der Waals surface area contributed by atoms with Crippen molar-refractivity contribution in [1.82, 2.24) is 9.80 Å². The van der Waals surface area contributed by atoms with Crippen LogP contribution in [0, 0.1) is 0 Å². The van der Waals surface area contributed by atoms with Crippen molar-refractivity contribution in [1.29, 1.82) is 0 Å². The number of ether oxygens (including phenoxy) is 2. The molecule has 0 heterocycles. The maximum Gasteiger partial charge on any atom is 0.320 e. The predicted molar refractivity (Wildman–Crippen MR) is 79.4 cm³/mol. The highest BCUT2D eigenvalue weighted by molar-refractivity contribution is 5.76. The Hall–Kier alpha value is -1.34. The summed E-state index contributed by atoms with van der Waals surface area (Å²) in [6.07, 6.45) is -0.0780. The second-order valence-electron chi connectivity index (χ2n) is 5.72. The first kappa shape index (κ1) is 19.7. The summed E-state index contributed by atoms with van der Waals surface area (Å²) in [6.45, 7) is 7.57. The molecule has 2 amide bonds. The number of hydrogen-bond acceptors (Lipinski definition) is 4. The summed E-state index contributed by atoms with van der Waals surface area (Å²) in [5.41, 5.74) is -0.453. The van der Waals surface area contributed by atoms with Crippen LogP contribution in [0.25, 0.3) is 0 Å². The molecule has 0 unspecified atom stereocenters. The van der Waals surface area contributed by atoms with Crippen LogP contribution >= 0.6 is 0 Å². The molecule has 0 radical (unpaired) electrons. The summed E-state index contributed by atoms with van der Waals surface area (Å²) in [5, 5.41) is 8.84. The van der Waals surface area contributed by atoms with Crippen molar-refractivity contribution in [2.45, 2.75) is 32.7 Å². The molecular weight excluding hydrogens is 276 g/mol. The molecule has 0 aliphatic carbocycles. The zero-order chi connectivity index (χ0) is 16.5. The summed E-state index contributed by atoms with van der Waals surface area (Å²) in [6, 6.07) is -0.196. The number of carboxylic acids is 1. The van der Waals surface area contributed by atoms with Crippen LogP contribution in [0.1, 0.15) is 27.2 Å². The fraction of sp³-hybridized carbons (Fsp3) is 0.857. The lowest BCUT2D eigenvalue weighted by molar-refractivity contribution is -0.137. The van der Waals surface area contributed by atoms with Gasteiger partial charge in [0.05, 0.1) is 19.6 Å². The fourth-order valence-electron chi connectivity index (χ4n) is 1.80. The van der Waals surface area contributed by atoms with Crippen LogP contribution in [0.2, 0.25) is 0 Å². The van der Waals surface area contributed by atoms with Crippen molar-refractivity contribution in [3.8, 4) is 0 Å². The summed E-state index contributed by atoms with van der Waals surface area (Å²) in [4.78, 5) is 26.6. The molecule has 0 saturated carbocycles. The van der Waals surface area contributed by atoms with Gasteiger partial charge in [0.1, 0.15) is 0 Å². The number of methoxy groups -OCH3 is 2. The minimum Gasteiger partial charge on any atom is -0.481 e. The molecule has 1 N–H and O–H groups in total. The topological polar surface area (TPSA) is 79.3 Å². The molecule has 0 fully saturated rings. The molecule has 0 rings (SSSR count). The van der Waals surface area contributed by atoms with Crippen LogP contribution in [-0.4, -0.2) is 79.5 Å². The predicted octanol–water partition coefficient (Wildman–Crippen LogP) is 1.28. The minimum absolute atomic E-state index is 0.0780. The lowest BCUT2D eigenvalue weighted by Gasteiger charge is -2.39. The number of carbonyl (C=O) groups excluding carboxylic acids is 1. The van der Waals surface area contributed by atoms with Gasteiger partial charge in [-0.3, -0.25) is 4.79 Å². The first-order valence-electron chi connectivity index (χ1n) is 7.00. The number of urea groups is 1. The number of nitrogens with zero attached hydrogens (tertiary/aromatic N) is 2. The Bertz CT molecular complexity index is 320. The van der Waals surface area contributed by atoms with Gasteiger partial charge in [0, 0.05) is 39.4 Å². The van der Waals surface area contributed by atoms with Gasteiger partial charge in [-0.2, -0.15) is 0 Å². The van der Waals surface area contributed by atoms with Gasteiger partial charge < -0.3 is 24.4 Å². The highest BCUT2D eigenvalue weighted by Gasteiger charge is 2.30. The lowest BCUT2D eigenvalue weighted by atomic mass is 10.1. The van der Waals surface area contributed by atoms with Gasteiger partial charge in [-0.15, -0.1) is 0 Å². The molecule has 0 aliphatic rings. The highest BCUT2D eigenvalue weighted by atomic mass is 16.5. The van der Waals surface area contributed by atoms with Gasteiger partial charge in [0.2, 0.25) is 0 Å². The molecule has 124 valence electrons. The van der Waals surface area contributed by atoms with E-state index in [0.29, 0.717) is 26.3 Å². The van der Waals surface area contributed by atoms with Gasteiger partial charge in [-0.05, 0) is 20.8 Å². The normalized spacial score (nSPS) is 11.3. The third-order valence-corrected chi connectivity index (χ3v) is 2.99. The number of aliphatic carboxylic acids is 1. The van der Waals surface area contributed by atoms with E-state index in [4.69, 9.17) is 14.6 Å². The van der Waals surface area contributed by atoms with Crippen LogP contribution < -0.4 is 0 Å². The van der Waals surface area contributed by atoms with Crippen molar-refractivity contribution in [2.24, 2.45) is 0 Å². The Labute approximate surface area is 126 Å². The van der Waals surface area contributed by atoms with Crippen molar-refractivity contribution in [2.75, 3.05) is 47.1 Å². The molecule has 0 bridgehead atoms. The van der Waals surface area contributed by atoms with E-state index in [1.807, 2.05) is 20.8 Å². The monoisotopic (exact) mass is 304 g/mol. The molecular formula is C14H28N2O5. The van der Waals surface area contributed by atoms with Gasteiger partial charge >= 0.3 is 12.0 Å². The van der Waals surface area contributed by atoms with Crippen LogP contribution in [0.4, 0.5) is 4.79 Å². The van der Waals surface area contributed by atoms with Crippen molar-refractivity contribution < 1.29 is 24.2 Å². The van der Waals surface area contributed by atoms with Crippen LogP contribution in [-0.2, 0) is 14.3 Å². The molecule has 0 spiro atoms. The van der Waals surface area contributed by atoms with Crippen molar-refractivity contribution in [3.63, 3.8) is 0 Å². The largest absolute Gasteiger partial charge is 0.481 e. The number of rotatable bonds is 9. The van der Waals surface area contributed by atoms with Gasteiger partial charge in [0.15, 0.2) is 0 Å². The van der Waals surface area contributed by atoms with E-state index in [1.54, 1.807) is 24.0 Å². The Balaban J connectivity index is 4.94. The average molecular weight is 304 g/mol. The Morgan fingerprint density at radius 3 is 1.81 bits per heavy atom. The van der Waals surface area contributed by atoms with Gasteiger partial charge in [-0.1, -0.05) is 0 Å². The SMILES string of the molecule is COCCN(CCOC)C(=O)N(CCC(=O)O)C(C)(C)C. The van der Waals surface area contributed by atoms with E-state index in [1.165, 1.54) is 0 Å². The molecule has 0 aromatic carbocycles. The zero-order valence-corrected chi connectivity index (χ0v) is 13.7. The molecule has 0 aromatic heterocycles. The quantitative estimate of drug-likeness (QED) is 0.694. The summed E-state index contributed by atoms with van der Waals surface area (Å²) in [7, 11) is 3.15. The molecule has 7 nitrogen and oxygen atoms in total. The molecule has 21 heavy (non-hydrogen) atoms. The van der Waals surface area contributed by atoms with E-state index in [2.05, 4.69) is 0 Å². The first-order chi connectivity index (χ1) is 9.73. The van der Waals surface area contributed by atoms with Crippen LogP contribution in [0.3, 0.4) is 0 Å².